The van der Waals surface area contributed by atoms with Gasteiger partial charge >= 0.3 is 0 Å². The Hall–Kier alpha value is -1.25. The fourth-order valence-electron chi connectivity index (χ4n) is 2.04. The third kappa shape index (κ3) is 4.21. The zero-order valence-corrected chi connectivity index (χ0v) is 12.3. The molecular weight excluding hydrogens is 224 g/mol. The Morgan fingerprint density at radius 3 is 2.44 bits per heavy atom. The summed E-state index contributed by atoms with van der Waals surface area (Å²) in [7, 11) is 1.92. The summed E-state index contributed by atoms with van der Waals surface area (Å²) in [5.74, 6) is 0.770. The van der Waals surface area contributed by atoms with Gasteiger partial charge in [0.15, 0.2) is 0 Å². The lowest BCUT2D eigenvalue weighted by Crippen LogP contribution is -2.33. The van der Waals surface area contributed by atoms with E-state index < -0.39 is 0 Å². The molecule has 0 spiro atoms. The van der Waals surface area contributed by atoms with Gasteiger partial charge in [0.25, 0.3) is 5.91 Å². The van der Waals surface area contributed by atoms with Crippen LogP contribution in [0.5, 0.6) is 0 Å². The second kappa shape index (κ2) is 6.62. The summed E-state index contributed by atoms with van der Waals surface area (Å²) in [6.45, 7) is 8.54. The van der Waals surface area contributed by atoms with Crippen molar-refractivity contribution < 1.29 is 4.79 Å². The molecule has 0 aromatic carbocycles. The standard InChI is InChI=1S/C15H26N2O/c1-11(2)7-6-8-12(3)16-15(18)14-10-9-13(4)17(14)5/h9-12H,6-8H2,1-5H3,(H,16,18). The van der Waals surface area contributed by atoms with Crippen LogP contribution in [0.1, 0.15) is 56.2 Å². The normalized spacial score (nSPS) is 12.8. The summed E-state index contributed by atoms with van der Waals surface area (Å²) in [6, 6.07) is 4.09. The Kier molecular flexibility index (Phi) is 5.45. The average Bonchev–Trinajstić information content (AvgIpc) is 2.59. The second-order valence-corrected chi connectivity index (χ2v) is 5.62. The van der Waals surface area contributed by atoms with Crippen molar-refractivity contribution in [1.82, 2.24) is 9.88 Å². The molecule has 102 valence electrons. The molecule has 3 heteroatoms. The van der Waals surface area contributed by atoms with Gasteiger partial charge in [0.05, 0.1) is 0 Å². The molecule has 0 aliphatic rings. The maximum Gasteiger partial charge on any atom is 0.268 e. The number of aromatic nitrogens is 1. The van der Waals surface area contributed by atoms with Crippen molar-refractivity contribution >= 4 is 5.91 Å². The first-order valence-electron chi connectivity index (χ1n) is 6.85. The van der Waals surface area contributed by atoms with Crippen molar-refractivity contribution in [3.8, 4) is 0 Å². The van der Waals surface area contributed by atoms with Crippen LogP contribution in [-0.2, 0) is 7.05 Å². The number of rotatable bonds is 6. The molecule has 0 fully saturated rings. The predicted octanol–water partition coefficient (Wildman–Crippen LogP) is 3.28. The highest BCUT2D eigenvalue weighted by atomic mass is 16.2. The van der Waals surface area contributed by atoms with Crippen LogP contribution in [0.2, 0.25) is 0 Å². The van der Waals surface area contributed by atoms with Crippen molar-refractivity contribution in [3.63, 3.8) is 0 Å². The van der Waals surface area contributed by atoms with Gasteiger partial charge in [0.1, 0.15) is 5.69 Å². The Morgan fingerprint density at radius 2 is 1.94 bits per heavy atom. The number of carbonyl (C=O) groups is 1. The number of aryl methyl sites for hydroxylation is 1. The van der Waals surface area contributed by atoms with Crippen molar-refractivity contribution in [1.29, 1.82) is 0 Å². The average molecular weight is 250 g/mol. The first-order valence-corrected chi connectivity index (χ1v) is 6.85. The molecule has 1 unspecified atom stereocenters. The third-order valence-electron chi connectivity index (χ3n) is 3.40. The minimum atomic E-state index is 0.0302. The molecule has 1 atom stereocenters. The van der Waals surface area contributed by atoms with E-state index in [0.717, 1.165) is 23.7 Å². The van der Waals surface area contributed by atoms with Gasteiger partial charge in [0, 0.05) is 18.8 Å². The number of hydrogen-bond acceptors (Lipinski definition) is 1. The summed E-state index contributed by atoms with van der Waals surface area (Å²) in [4.78, 5) is 12.1. The zero-order valence-electron chi connectivity index (χ0n) is 12.3. The number of amides is 1. The van der Waals surface area contributed by atoms with Gasteiger partial charge in [-0.05, 0) is 38.3 Å². The van der Waals surface area contributed by atoms with Crippen molar-refractivity contribution in [2.75, 3.05) is 0 Å². The maximum absolute atomic E-state index is 12.1. The monoisotopic (exact) mass is 250 g/mol. The van der Waals surface area contributed by atoms with Crippen LogP contribution in [0.25, 0.3) is 0 Å². The number of carbonyl (C=O) groups excluding carboxylic acids is 1. The molecule has 0 aliphatic heterocycles. The largest absolute Gasteiger partial charge is 0.348 e. The van der Waals surface area contributed by atoms with E-state index >= 15 is 0 Å². The molecule has 1 aromatic heterocycles. The van der Waals surface area contributed by atoms with Crippen molar-refractivity contribution in [2.45, 2.75) is 53.0 Å². The molecule has 0 aliphatic carbocycles. The SMILES string of the molecule is Cc1ccc(C(=O)NC(C)CCCC(C)C)n1C. The lowest BCUT2D eigenvalue weighted by Gasteiger charge is -2.15. The lowest BCUT2D eigenvalue weighted by molar-refractivity contribution is 0.0929. The first-order chi connectivity index (χ1) is 8.41. The van der Waals surface area contributed by atoms with Gasteiger partial charge in [-0.25, -0.2) is 0 Å². The van der Waals surface area contributed by atoms with Crippen LogP contribution < -0.4 is 5.32 Å². The molecule has 0 radical (unpaired) electrons. The van der Waals surface area contributed by atoms with Gasteiger partial charge in [-0.15, -0.1) is 0 Å². The molecule has 0 bridgehead atoms. The van der Waals surface area contributed by atoms with Crippen LogP contribution in [0, 0.1) is 12.8 Å². The summed E-state index contributed by atoms with van der Waals surface area (Å²) < 4.78 is 1.93. The van der Waals surface area contributed by atoms with E-state index in [1.54, 1.807) is 0 Å². The topological polar surface area (TPSA) is 34.0 Å². The van der Waals surface area contributed by atoms with Gasteiger partial charge in [0.2, 0.25) is 0 Å². The van der Waals surface area contributed by atoms with Crippen LogP contribution in [0.15, 0.2) is 12.1 Å². The van der Waals surface area contributed by atoms with Gasteiger partial charge in [-0.2, -0.15) is 0 Å². The molecule has 18 heavy (non-hydrogen) atoms. The fourth-order valence-corrected chi connectivity index (χ4v) is 2.04. The molecule has 1 rings (SSSR count). The van der Waals surface area contributed by atoms with Gasteiger partial charge in [-0.1, -0.05) is 26.7 Å². The van der Waals surface area contributed by atoms with E-state index in [2.05, 4.69) is 26.1 Å². The smallest absolute Gasteiger partial charge is 0.268 e. The summed E-state index contributed by atoms with van der Waals surface area (Å²) >= 11 is 0. The van der Waals surface area contributed by atoms with Gasteiger partial charge < -0.3 is 9.88 Å². The highest BCUT2D eigenvalue weighted by Crippen LogP contribution is 2.10. The van der Waals surface area contributed by atoms with Crippen LogP contribution in [-0.4, -0.2) is 16.5 Å². The van der Waals surface area contributed by atoms with Crippen molar-refractivity contribution in [3.05, 3.63) is 23.5 Å². The molecule has 3 nitrogen and oxygen atoms in total. The minimum Gasteiger partial charge on any atom is -0.348 e. The van der Waals surface area contributed by atoms with E-state index in [1.807, 2.05) is 30.7 Å². The number of hydrogen-bond donors (Lipinski definition) is 1. The van der Waals surface area contributed by atoms with E-state index in [1.165, 1.54) is 12.8 Å². The van der Waals surface area contributed by atoms with E-state index in [0.29, 0.717) is 0 Å². The van der Waals surface area contributed by atoms with Crippen LogP contribution in [0.4, 0.5) is 0 Å². The fraction of sp³-hybridized carbons (Fsp3) is 0.667. The predicted molar refractivity (Wildman–Crippen MR) is 75.8 cm³/mol. The van der Waals surface area contributed by atoms with E-state index in [4.69, 9.17) is 0 Å². The maximum atomic E-state index is 12.1. The quantitative estimate of drug-likeness (QED) is 0.826. The number of nitrogens with one attached hydrogen (secondary N) is 1. The van der Waals surface area contributed by atoms with Gasteiger partial charge in [-0.3, -0.25) is 4.79 Å². The first kappa shape index (κ1) is 14.8. The molecule has 1 N–H and O–H groups in total. The minimum absolute atomic E-state index is 0.0302. The Morgan fingerprint density at radius 1 is 1.28 bits per heavy atom. The number of nitrogens with zero attached hydrogens (tertiary/aromatic N) is 1. The van der Waals surface area contributed by atoms with E-state index in [9.17, 15) is 4.79 Å². The molecular formula is C15H26N2O. The highest BCUT2D eigenvalue weighted by Gasteiger charge is 2.13. The second-order valence-electron chi connectivity index (χ2n) is 5.62. The Bertz CT molecular complexity index is 393. The molecule has 0 saturated carbocycles. The molecule has 1 heterocycles. The van der Waals surface area contributed by atoms with Crippen LogP contribution in [0.3, 0.4) is 0 Å². The Balaban J connectivity index is 2.42. The summed E-state index contributed by atoms with van der Waals surface area (Å²) in [6.07, 6.45) is 3.45. The summed E-state index contributed by atoms with van der Waals surface area (Å²) in [5, 5.41) is 3.06. The third-order valence-corrected chi connectivity index (χ3v) is 3.40. The summed E-state index contributed by atoms with van der Waals surface area (Å²) in [5.41, 5.74) is 1.84. The van der Waals surface area contributed by atoms with Crippen molar-refractivity contribution in [2.24, 2.45) is 13.0 Å². The molecule has 1 amide bonds. The highest BCUT2D eigenvalue weighted by molar-refractivity contribution is 5.93. The Labute approximate surface area is 111 Å². The van der Waals surface area contributed by atoms with Crippen LogP contribution >= 0.6 is 0 Å². The molecule has 1 aromatic rings. The van der Waals surface area contributed by atoms with E-state index in [-0.39, 0.29) is 11.9 Å². The zero-order chi connectivity index (χ0) is 13.7. The molecule has 0 saturated heterocycles. The lowest BCUT2D eigenvalue weighted by atomic mass is 10.0.